The average molecular weight is 708 g/mol. The molecule has 4 aliphatic rings. The highest BCUT2D eigenvalue weighted by atomic mass is 16.8. The Morgan fingerprint density at radius 2 is 0.917 bits per heavy atom. The molecule has 0 spiro atoms. The molecule has 22 heteroatoms. The van der Waals surface area contributed by atoms with Crippen LogP contribution in [0.15, 0.2) is 0 Å². The minimum atomic E-state index is -2.03. The zero-order chi connectivity index (χ0) is 35.6. The summed E-state index contributed by atoms with van der Waals surface area (Å²) in [6.45, 7) is -2.37. The molecule has 0 saturated carbocycles. The summed E-state index contributed by atoms with van der Waals surface area (Å²) < 4.78 is 38.7. The number of hydrogen-bond acceptors (Lipinski definition) is 21. The number of aliphatic hydroxyl groups excluding tert-OH is 13. The molecule has 48 heavy (non-hydrogen) atoms. The maximum absolute atomic E-state index is 12.2. The van der Waals surface area contributed by atoms with Crippen LogP contribution in [0.1, 0.15) is 6.92 Å². The van der Waals surface area contributed by atoms with E-state index < -0.39 is 155 Å². The van der Waals surface area contributed by atoms with E-state index in [1.807, 2.05) is 0 Å². The number of hydrogen-bond donors (Lipinski definition) is 14. The number of carbonyl (C=O) groups is 1. The van der Waals surface area contributed by atoms with Gasteiger partial charge in [0.25, 0.3) is 0 Å². The van der Waals surface area contributed by atoms with Crippen molar-refractivity contribution in [2.45, 2.75) is 130 Å². The molecule has 1 unspecified atom stereocenters. The zero-order valence-electron chi connectivity index (χ0n) is 25.5. The molecule has 14 N–H and O–H groups in total. The normalized spacial score (nSPS) is 50.2. The SMILES string of the molecule is CC(=O)N[C@H]1[C@H](O[C@@H]2[C@H](O)[C@@H](O)[C@H](O[C@H]3[C@H](O)[C@@H](O)C(O)O[C@@H]3CO)O[C@@H]2CO)O[C@H](CO)[C@H](O)[C@@H]1O[C@@H]1O[C@H](CO)[C@H](O)[C@H](O)[C@H]1O. The van der Waals surface area contributed by atoms with Crippen molar-refractivity contribution in [3.05, 3.63) is 0 Å². The van der Waals surface area contributed by atoms with Gasteiger partial charge in [0.1, 0.15) is 97.6 Å². The number of ether oxygens (including phenoxy) is 7. The second-order valence-corrected chi connectivity index (χ2v) is 11.9. The Hall–Kier alpha value is -1.33. The zero-order valence-corrected chi connectivity index (χ0v) is 25.5. The van der Waals surface area contributed by atoms with Crippen LogP contribution in [-0.4, -0.2) is 221 Å². The molecule has 1 amide bonds. The Labute approximate surface area is 272 Å². The Bertz CT molecular complexity index is 1020. The van der Waals surface area contributed by atoms with E-state index in [4.69, 9.17) is 33.2 Å². The van der Waals surface area contributed by atoms with E-state index in [1.165, 1.54) is 0 Å². The summed E-state index contributed by atoms with van der Waals surface area (Å²) in [7, 11) is 0. The Morgan fingerprint density at radius 3 is 1.46 bits per heavy atom. The number of amides is 1. The monoisotopic (exact) mass is 707 g/mol. The van der Waals surface area contributed by atoms with Gasteiger partial charge in [-0.3, -0.25) is 4.79 Å². The van der Waals surface area contributed by atoms with Gasteiger partial charge < -0.3 is 105 Å². The van der Waals surface area contributed by atoms with Gasteiger partial charge in [0, 0.05) is 6.92 Å². The largest absolute Gasteiger partial charge is 0.394 e. The van der Waals surface area contributed by atoms with Crippen molar-refractivity contribution in [2.75, 3.05) is 26.4 Å². The van der Waals surface area contributed by atoms with Crippen LogP contribution in [-0.2, 0) is 38.0 Å². The fourth-order valence-corrected chi connectivity index (χ4v) is 5.95. The van der Waals surface area contributed by atoms with Crippen molar-refractivity contribution >= 4 is 5.91 Å². The summed E-state index contributed by atoms with van der Waals surface area (Å²) in [4.78, 5) is 12.2. The summed E-state index contributed by atoms with van der Waals surface area (Å²) in [6.07, 6.45) is -33.5. The van der Waals surface area contributed by atoms with Crippen molar-refractivity contribution in [1.82, 2.24) is 5.32 Å². The minimum Gasteiger partial charge on any atom is -0.394 e. The van der Waals surface area contributed by atoms with Gasteiger partial charge in [-0.15, -0.1) is 0 Å². The van der Waals surface area contributed by atoms with Gasteiger partial charge in [-0.1, -0.05) is 0 Å². The van der Waals surface area contributed by atoms with Crippen molar-refractivity contribution < 1.29 is 104 Å². The second kappa shape index (κ2) is 16.8. The second-order valence-electron chi connectivity index (χ2n) is 11.9. The highest BCUT2D eigenvalue weighted by Gasteiger charge is 2.55. The quantitative estimate of drug-likeness (QED) is 0.0947. The predicted molar refractivity (Wildman–Crippen MR) is 145 cm³/mol. The molecule has 0 aromatic heterocycles. The van der Waals surface area contributed by atoms with Gasteiger partial charge in [-0.2, -0.15) is 0 Å². The molecule has 4 heterocycles. The lowest BCUT2D eigenvalue weighted by Crippen LogP contribution is -2.70. The van der Waals surface area contributed by atoms with E-state index in [1.54, 1.807) is 0 Å². The van der Waals surface area contributed by atoms with Gasteiger partial charge in [-0.05, 0) is 0 Å². The van der Waals surface area contributed by atoms with Crippen LogP contribution in [0.25, 0.3) is 0 Å². The van der Waals surface area contributed by atoms with Crippen LogP contribution in [0.2, 0.25) is 0 Å². The molecule has 20 atom stereocenters. The van der Waals surface area contributed by atoms with Crippen LogP contribution in [0.5, 0.6) is 0 Å². The van der Waals surface area contributed by atoms with E-state index in [2.05, 4.69) is 5.32 Å². The average Bonchev–Trinajstić information content (AvgIpc) is 3.06. The molecule has 280 valence electrons. The van der Waals surface area contributed by atoms with Crippen LogP contribution in [0.4, 0.5) is 0 Å². The molecule has 0 aromatic rings. The van der Waals surface area contributed by atoms with Gasteiger partial charge in [-0.25, -0.2) is 0 Å². The summed E-state index contributed by atoms with van der Waals surface area (Å²) in [6, 6.07) is -1.57. The van der Waals surface area contributed by atoms with Gasteiger partial charge in [0.2, 0.25) is 5.91 Å². The number of nitrogens with one attached hydrogen (secondary N) is 1. The van der Waals surface area contributed by atoms with Crippen molar-refractivity contribution in [1.29, 1.82) is 0 Å². The smallest absolute Gasteiger partial charge is 0.217 e. The van der Waals surface area contributed by atoms with Gasteiger partial charge in [0.05, 0.1) is 26.4 Å². The third-order valence-corrected chi connectivity index (χ3v) is 8.61. The van der Waals surface area contributed by atoms with Crippen molar-refractivity contribution in [2.24, 2.45) is 0 Å². The van der Waals surface area contributed by atoms with Crippen LogP contribution in [0, 0.1) is 0 Å². The first-order valence-corrected chi connectivity index (χ1v) is 15.1. The standard InChI is InChI=1S/C26H45NO21/c1-6(32)27-11-22(48-25-18(39)14(35)12(33)7(2-28)44-25)13(34)8(3-29)43-24(11)46-21-10(5-31)45-26(19(40)16(21)37)47-20-9(4-30)42-23(41)17(38)15(20)36/h7-26,28-31,33-41H,2-5H2,1H3,(H,27,32)/t7-,8-,9-,10-,11-,12+,13+,14+,15-,16-,17-,18-,19-,20-,21+,22-,23?,24+,25+,26+/m1/s1. The fourth-order valence-electron chi connectivity index (χ4n) is 5.95. The van der Waals surface area contributed by atoms with E-state index in [9.17, 15) is 71.2 Å². The topological polar surface area (TPSA) is 357 Å². The summed E-state index contributed by atoms with van der Waals surface area (Å²) in [5.41, 5.74) is 0. The Morgan fingerprint density at radius 1 is 0.500 bits per heavy atom. The fraction of sp³-hybridized carbons (Fsp3) is 0.962. The Kier molecular flexibility index (Phi) is 13.8. The maximum atomic E-state index is 12.2. The molecule has 0 bridgehead atoms. The molecule has 22 nitrogen and oxygen atoms in total. The molecule has 0 aromatic carbocycles. The van der Waals surface area contributed by atoms with Crippen LogP contribution < -0.4 is 5.32 Å². The molecule has 0 radical (unpaired) electrons. The van der Waals surface area contributed by atoms with Crippen molar-refractivity contribution in [3.63, 3.8) is 0 Å². The molecule has 4 rings (SSSR count). The Balaban J connectivity index is 1.56. The lowest BCUT2D eigenvalue weighted by atomic mass is 9.94. The van der Waals surface area contributed by atoms with E-state index in [0.29, 0.717) is 0 Å². The molecule has 0 aliphatic carbocycles. The molecular formula is C26H45NO21. The van der Waals surface area contributed by atoms with E-state index >= 15 is 0 Å². The molecule has 4 saturated heterocycles. The van der Waals surface area contributed by atoms with Crippen LogP contribution in [0.3, 0.4) is 0 Å². The number of aliphatic hydroxyl groups is 13. The van der Waals surface area contributed by atoms with E-state index in [0.717, 1.165) is 6.92 Å². The molecule has 4 fully saturated rings. The lowest BCUT2D eigenvalue weighted by Gasteiger charge is -2.50. The van der Waals surface area contributed by atoms with Crippen molar-refractivity contribution in [3.8, 4) is 0 Å². The summed E-state index contributed by atoms with van der Waals surface area (Å²) in [5.74, 6) is -0.749. The first-order chi connectivity index (χ1) is 22.7. The van der Waals surface area contributed by atoms with Crippen LogP contribution >= 0.6 is 0 Å². The third-order valence-electron chi connectivity index (χ3n) is 8.61. The maximum Gasteiger partial charge on any atom is 0.217 e. The predicted octanol–water partition coefficient (Wildman–Crippen LogP) is -9.61. The summed E-state index contributed by atoms with van der Waals surface area (Å²) in [5, 5.41) is 136. The summed E-state index contributed by atoms with van der Waals surface area (Å²) >= 11 is 0. The van der Waals surface area contributed by atoms with E-state index in [-0.39, 0.29) is 0 Å². The first-order valence-electron chi connectivity index (χ1n) is 15.1. The third kappa shape index (κ3) is 8.08. The molecular weight excluding hydrogens is 662 g/mol. The minimum absolute atomic E-state index is 0.749. The lowest BCUT2D eigenvalue weighted by molar-refractivity contribution is -0.378. The van der Waals surface area contributed by atoms with Gasteiger partial charge in [0.15, 0.2) is 25.2 Å². The number of rotatable bonds is 11. The number of carbonyl (C=O) groups excluding carboxylic acids is 1. The first kappa shape index (κ1) is 39.5. The highest BCUT2D eigenvalue weighted by molar-refractivity contribution is 5.73. The molecule has 4 aliphatic heterocycles. The highest BCUT2D eigenvalue weighted by Crippen LogP contribution is 2.34. The van der Waals surface area contributed by atoms with Gasteiger partial charge >= 0.3 is 0 Å².